The molecule has 9 nitrogen and oxygen atoms in total. The number of nitrogens with one attached hydrogen (secondary N) is 1. The number of nitrogens with zero attached hydrogens (tertiary/aromatic N) is 3. The number of carbonyl (C=O) groups excluding carboxylic acids is 3. The molecule has 2 heterocycles. The second-order valence-electron chi connectivity index (χ2n) is 11.2. The molecule has 2 aliphatic rings. The van der Waals surface area contributed by atoms with E-state index in [1.807, 2.05) is 30.3 Å². The largest absolute Gasteiger partial charge is 0.493 e. The standard InChI is InChI=1S/C33H42N4O5/c1-35-31(39)28(12-8-20-38)37-22-27-24(10-7-11-26(27)32(37)40)9-5-4-6-17-36-18-15-33(23-34,16-19-36)25-13-14-29(41-2)30(21-25)42-3/h7,10-11,13-14,20-21,28H,4-6,8-9,12,15-19,22H2,1-3H3,(H,35,39). The Morgan fingerprint density at radius 3 is 2.55 bits per heavy atom. The first-order chi connectivity index (χ1) is 20.4. The van der Waals surface area contributed by atoms with Gasteiger partial charge in [-0.15, -0.1) is 0 Å². The molecule has 42 heavy (non-hydrogen) atoms. The minimum absolute atomic E-state index is 0.141. The molecule has 2 aromatic rings. The van der Waals surface area contributed by atoms with Crippen LogP contribution in [0.15, 0.2) is 36.4 Å². The van der Waals surface area contributed by atoms with Gasteiger partial charge in [-0.2, -0.15) is 5.26 Å². The van der Waals surface area contributed by atoms with E-state index in [1.54, 1.807) is 26.2 Å². The lowest BCUT2D eigenvalue weighted by Crippen LogP contribution is -2.46. The fraction of sp³-hybridized carbons (Fsp3) is 0.515. The molecule has 0 aromatic heterocycles. The molecule has 0 spiro atoms. The fourth-order valence-corrected chi connectivity index (χ4v) is 6.31. The van der Waals surface area contributed by atoms with E-state index >= 15 is 0 Å². The zero-order chi connectivity index (χ0) is 30.1. The summed E-state index contributed by atoms with van der Waals surface area (Å²) in [7, 11) is 4.78. The Balaban J connectivity index is 1.27. The monoisotopic (exact) mass is 574 g/mol. The van der Waals surface area contributed by atoms with Crippen LogP contribution in [0.1, 0.15) is 72.0 Å². The molecule has 0 bridgehead atoms. The lowest BCUT2D eigenvalue weighted by Gasteiger charge is -2.37. The highest BCUT2D eigenvalue weighted by atomic mass is 16.5. The molecule has 1 N–H and O–H groups in total. The topological polar surface area (TPSA) is 112 Å². The fourth-order valence-electron chi connectivity index (χ4n) is 6.31. The van der Waals surface area contributed by atoms with Crippen LogP contribution in [0.4, 0.5) is 0 Å². The number of rotatable bonds is 14. The molecule has 9 heteroatoms. The molecule has 0 aliphatic carbocycles. The van der Waals surface area contributed by atoms with Crippen molar-refractivity contribution in [2.45, 2.75) is 69.4 Å². The Morgan fingerprint density at radius 2 is 1.88 bits per heavy atom. The predicted octanol–water partition coefficient (Wildman–Crippen LogP) is 4.02. The zero-order valence-electron chi connectivity index (χ0n) is 25.0. The summed E-state index contributed by atoms with van der Waals surface area (Å²) in [6, 6.07) is 13.6. The number of likely N-dealkylation sites (N-methyl/N-ethyl adjacent to an activating group) is 1. The summed E-state index contributed by atoms with van der Waals surface area (Å²) in [6.07, 6.45) is 6.92. The van der Waals surface area contributed by atoms with Crippen LogP contribution in [0, 0.1) is 11.3 Å². The number of hydrogen-bond acceptors (Lipinski definition) is 7. The van der Waals surface area contributed by atoms with Crippen molar-refractivity contribution in [1.82, 2.24) is 15.1 Å². The molecule has 1 atom stereocenters. The average molecular weight is 575 g/mol. The Kier molecular flexibility index (Phi) is 10.6. The highest BCUT2D eigenvalue weighted by molar-refractivity contribution is 6.01. The summed E-state index contributed by atoms with van der Waals surface area (Å²) in [4.78, 5) is 40.7. The van der Waals surface area contributed by atoms with Crippen LogP contribution in [0.3, 0.4) is 0 Å². The van der Waals surface area contributed by atoms with Crippen LogP contribution < -0.4 is 14.8 Å². The molecule has 0 radical (unpaired) electrons. The highest BCUT2D eigenvalue weighted by Crippen LogP contribution is 2.39. The van der Waals surface area contributed by atoms with Crippen molar-refractivity contribution >= 4 is 18.1 Å². The van der Waals surface area contributed by atoms with Gasteiger partial charge < -0.3 is 29.4 Å². The van der Waals surface area contributed by atoms with Crippen molar-refractivity contribution in [1.29, 1.82) is 5.26 Å². The predicted molar refractivity (Wildman–Crippen MR) is 160 cm³/mol. The molecular formula is C33H42N4O5. The van der Waals surface area contributed by atoms with Crippen molar-refractivity contribution < 1.29 is 23.9 Å². The number of carbonyl (C=O) groups is 3. The van der Waals surface area contributed by atoms with Crippen LogP contribution in [0.5, 0.6) is 11.5 Å². The Labute approximate surface area is 248 Å². The normalized spacial score (nSPS) is 16.8. The van der Waals surface area contributed by atoms with Gasteiger partial charge in [0.2, 0.25) is 5.91 Å². The Hall–Kier alpha value is -3.90. The molecule has 1 unspecified atom stereocenters. The van der Waals surface area contributed by atoms with E-state index in [0.29, 0.717) is 30.0 Å². The molecular weight excluding hydrogens is 532 g/mol. The maximum Gasteiger partial charge on any atom is 0.255 e. The number of benzene rings is 2. The summed E-state index contributed by atoms with van der Waals surface area (Å²) in [6.45, 7) is 3.15. The lowest BCUT2D eigenvalue weighted by molar-refractivity contribution is -0.125. The quantitative estimate of drug-likeness (QED) is 0.268. The van der Waals surface area contributed by atoms with Gasteiger partial charge in [0, 0.05) is 25.6 Å². The van der Waals surface area contributed by atoms with Gasteiger partial charge in [0.05, 0.1) is 25.7 Å². The first kappa shape index (κ1) is 31.0. The van der Waals surface area contributed by atoms with Gasteiger partial charge in [0.15, 0.2) is 11.5 Å². The zero-order valence-corrected chi connectivity index (χ0v) is 25.0. The Bertz CT molecular complexity index is 1310. The number of fused-ring (bicyclic) bond motifs is 1. The van der Waals surface area contributed by atoms with Crippen molar-refractivity contribution in [2.24, 2.45) is 0 Å². The van der Waals surface area contributed by atoms with E-state index in [2.05, 4.69) is 22.4 Å². The SMILES string of the molecule is CNC(=O)C(CCC=O)N1Cc2c(CCCCCN3CCC(C#N)(c4ccc(OC)c(OC)c4)CC3)cccc2C1=O. The first-order valence-corrected chi connectivity index (χ1v) is 14.8. The van der Waals surface area contributed by atoms with Gasteiger partial charge in [0.1, 0.15) is 12.3 Å². The molecule has 0 saturated carbocycles. The third-order valence-corrected chi connectivity index (χ3v) is 8.86. The smallest absolute Gasteiger partial charge is 0.255 e. The van der Waals surface area contributed by atoms with Gasteiger partial charge in [-0.1, -0.05) is 24.6 Å². The minimum Gasteiger partial charge on any atom is -0.493 e. The van der Waals surface area contributed by atoms with Crippen LogP contribution in [0.25, 0.3) is 0 Å². The van der Waals surface area contributed by atoms with E-state index in [9.17, 15) is 19.6 Å². The van der Waals surface area contributed by atoms with Crippen molar-refractivity contribution in [2.75, 3.05) is 40.9 Å². The molecule has 2 aromatic carbocycles. The molecule has 4 rings (SSSR count). The number of aryl methyl sites for hydroxylation is 1. The summed E-state index contributed by atoms with van der Waals surface area (Å²) < 4.78 is 10.8. The minimum atomic E-state index is -0.649. The number of piperidine rings is 1. The molecule has 2 aliphatic heterocycles. The number of likely N-dealkylation sites (tertiary alicyclic amines) is 1. The number of amides is 2. The molecule has 1 saturated heterocycles. The van der Waals surface area contributed by atoms with Crippen LogP contribution in [-0.2, 0) is 28.0 Å². The van der Waals surface area contributed by atoms with Gasteiger partial charge in [-0.25, -0.2) is 0 Å². The molecule has 2 amide bonds. The van der Waals surface area contributed by atoms with E-state index < -0.39 is 11.5 Å². The van der Waals surface area contributed by atoms with Crippen LogP contribution in [-0.4, -0.2) is 74.8 Å². The summed E-state index contributed by atoms with van der Waals surface area (Å²) in [5.74, 6) is 0.933. The first-order valence-electron chi connectivity index (χ1n) is 14.8. The number of hydrogen-bond donors (Lipinski definition) is 1. The maximum absolute atomic E-state index is 13.2. The summed E-state index contributed by atoms with van der Waals surface area (Å²) in [5, 5.41) is 12.8. The third-order valence-electron chi connectivity index (χ3n) is 8.86. The number of aldehydes is 1. The van der Waals surface area contributed by atoms with Crippen molar-refractivity contribution in [3.05, 3.63) is 58.7 Å². The van der Waals surface area contributed by atoms with Gasteiger partial charge in [0.25, 0.3) is 5.91 Å². The summed E-state index contributed by atoms with van der Waals surface area (Å²) >= 11 is 0. The van der Waals surface area contributed by atoms with E-state index in [0.717, 1.165) is 81.1 Å². The summed E-state index contributed by atoms with van der Waals surface area (Å²) in [5.41, 5.74) is 3.29. The second kappa shape index (κ2) is 14.3. The third kappa shape index (κ3) is 6.60. The van der Waals surface area contributed by atoms with Crippen molar-refractivity contribution in [3.63, 3.8) is 0 Å². The second-order valence-corrected chi connectivity index (χ2v) is 11.2. The maximum atomic E-state index is 13.2. The van der Waals surface area contributed by atoms with E-state index in [4.69, 9.17) is 9.47 Å². The number of unbranched alkanes of at least 4 members (excludes halogenated alkanes) is 2. The van der Waals surface area contributed by atoms with Crippen LogP contribution >= 0.6 is 0 Å². The molecule has 224 valence electrons. The molecule has 1 fully saturated rings. The highest BCUT2D eigenvalue weighted by Gasteiger charge is 2.38. The van der Waals surface area contributed by atoms with Crippen molar-refractivity contribution in [3.8, 4) is 17.6 Å². The van der Waals surface area contributed by atoms with E-state index in [1.165, 1.54) is 0 Å². The number of methoxy groups -OCH3 is 2. The van der Waals surface area contributed by atoms with Gasteiger partial charge in [-0.3, -0.25) is 9.59 Å². The van der Waals surface area contributed by atoms with Gasteiger partial charge >= 0.3 is 0 Å². The van der Waals surface area contributed by atoms with E-state index in [-0.39, 0.29) is 18.2 Å². The number of ether oxygens (including phenoxy) is 2. The Morgan fingerprint density at radius 1 is 1.12 bits per heavy atom. The van der Waals surface area contributed by atoms with Crippen LogP contribution in [0.2, 0.25) is 0 Å². The lowest BCUT2D eigenvalue weighted by atomic mass is 9.74. The van der Waals surface area contributed by atoms with Gasteiger partial charge in [-0.05, 0) is 93.0 Å². The number of nitriles is 1. The average Bonchev–Trinajstić information content (AvgIpc) is 3.37.